The minimum absolute atomic E-state index is 0.398. The summed E-state index contributed by atoms with van der Waals surface area (Å²) in [6.07, 6.45) is 5.92. The highest BCUT2D eigenvalue weighted by atomic mass is 16.4. The van der Waals surface area contributed by atoms with Crippen LogP contribution in [0.4, 0.5) is 5.69 Å². The van der Waals surface area contributed by atoms with Gasteiger partial charge in [-0.05, 0) is 18.1 Å². The van der Waals surface area contributed by atoms with Gasteiger partial charge in [-0.1, -0.05) is 24.1 Å². The molecule has 16 heavy (non-hydrogen) atoms. The lowest BCUT2D eigenvalue weighted by molar-refractivity contribution is -0.139. The number of carboxylic acid groups (broad SMARTS) is 1. The van der Waals surface area contributed by atoms with Crippen LogP contribution >= 0.6 is 0 Å². The minimum atomic E-state index is -0.757. The number of carbonyl (C=O) groups is 1. The molecule has 2 rings (SSSR count). The number of hydrogen-bond donors (Lipinski definition) is 1. The van der Waals surface area contributed by atoms with Crippen LogP contribution in [0.25, 0.3) is 0 Å². The highest BCUT2D eigenvalue weighted by Gasteiger charge is 2.28. The van der Waals surface area contributed by atoms with Crippen molar-refractivity contribution in [1.82, 2.24) is 0 Å². The summed E-state index contributed by atoms with van der Waals surface area (Å²) >= 11 is 0. The molecular formula is C13H13NO2. The van der Waals surface area contributed by atoms with Crippen molar-refractivity contribution in [1.29, 1.82) is 0 Å². The van der Waals surface area contributed by atoms with E-state index in [4.69, 9.17) is 11.5 Å². The number of aliphatic carboxylic acids is 1. The van der Waals surface area contributed by atoms with Crippen molar-refractivity contribution in [2.24, 2.45) is 0 Å². The van der Waals surface area contributed by atoms with E-state index in [2.05, 4.69) is 10.8 Å². The normalized spacial score (nSPS) is 18.7. The van der Waals surface area contributed by atoms with E-state index in [9.17, 15) is 4.79 Å². The number of benzene rings is 1. The standard InChI is InChI=1S/C13H13NO2/c1-2-8-14-9-7-11(13(15)16)10-5-3-4-6-12(10)14/h1,3-6,11H,7-9H2,(H,15,16). The number of hydrogen-bond acceptors (Lipinski definition) is 2. The van der Waals surface area contributed by atoms with Gasteiger partial charge in [0, 0.05) is 12.2 Å². The van der Waals surface area contributed by atoms with E-state index in [1.807, 2.05) is 24.3 Å². The van der Waals surface area contributed by atoms with E-state index < -0.39 is 11.9 Å². The number of terminal acetylenes is 1. The first-order valence-corrected chi connectivity index (χ1v) is 5.24. The van der Waals surface area contributed by atoms with Gasteiger partial charge < -0.3 is 10.0 Å². The number of para-hydroxylation sites is 1. The first-order valence-electron chi connectivity index (χ1n) is 5.24. The molecule has 1 aromatic rings. The van der Waals surface area contributed by atoms with Crippen molar-refractivity contribution in [2.75, 3.05) is 18.0 Å². The highest BCUT2D eigenvalue weighted by Crippen LogP contribution is 2.34. The third-order valence-corrected chi connectivity index (χ3v) is 2.92. The van der Waals surface area contributed by atoms with Crippen LogP contribution in [0.3, 0.4) is 0 Å². The molecule has 1 aliphatic rings. The Hall–Kier alpha value is -1.95. The van der Waals surface area contributed by atoms with Crippen molar-refractivity contribution < 1.29 is 9.90 Å². The summed E-state index contributed by atoms with van der Waals surface area (Å²) in [5.74, 6) is 1.45. The molecule has 0 fully saturated rings. The van der Waals surface area contributed by atoms with E-state index in [0.717, 1.165) is 11.3 Å². The maximum absolute atomic E-state index is 11.1. The molecule has 3 heteroatoms. The van der Waals surface area contributed by atoms with Gasteiger partial charge in [-0.2, -0.15) is 0 Å². The van der Waals surface area contributed by atoms with Crippen molar-refractivity contribution >= 4 is 11.7 Å². The van der Waals surface area contributed by atoms with Gasteiger partial charge in [0.05, 0.1) is 12.5 Å². The number of carboxylic acids is 1. The van der Waals surface area contributed by atoms with E-state index in [1.165, 1.54) is 0 Å². The maximum atomic E-state index is 11.1. The van der Waals surface area contributed by atoms with Crippen LogP contribution in [0.5, 0.6) is 0 Å². The van der Waals surface area contributed by atoms with Crippen LogP contribution in [-0.4, -0.2) is 24.2 Å². The molecule has 3 nitrogen and oxygen atoms in total. The molecular weight excluding hydrogens is 202 g/mol. The molecule has 1 atom stereocenters. The zero-order valence-electron chi connectivity index (χ0n) is 8.89. The first-order chi connectivity index (χ1) is 7.74. The quantitative estimate of drug-likeness (QED) is 0.763. The molecule has 0 amide bonds. The first kappa shape index (κ1) is 10.6. The summed E-state index contributed by atoms with van der Waals surface area (Å²) in [5, 5.41) is 9.14. The Morgan fingerprint density at radius 3 is 3.00 bits per heavy atom. The molecule has 1 unspecified atom stereocenters. The molecule has 0 saturated heterocycles. The molecule has 0 bridgehead atoms. The lowest BCUT2D eigenvalue weighted by atomic mass is 9.90. The molecule has 82 valence electrons. The smallest absolute Gasteiger partial charge is 0.311 e. The second-order valence-electron chi connectivity index (χ2n) is 3.86. The predicted molar refractivity (Wildman–Crippen MR) is 62.5 cm³/mol. The van der Waals surface area contributed by atoms with Crippen LogP contribution in [0.15, 0.2) is 24.3 Å². The van der Waals surface area contributed by atoms with Gasteiger partial charge in [0.2, 0.25) is 0 Å². The summed E-state index contributed by atoms with van der Waals surface area (Å²) < 4.78 is 0. The lowest BCUT2D eigenvalue weighted by Crippen LogP contribution is -2.33. The van der Waals surface area contributed by atoms with Crippen molar-refractivity contribution in [3.63, 3.8) is 0 Å². The average molecular weight is 215 g/mol. The molecule has 0 saturated carbocycles. The van der Waals surface area contributed by atoms with Gasteiger partial charge >= 0.3 is 5.97 Å². The van der Waals surface area contributed by atoms with Crippen molar-refractivity contribution in [3.8, 4) is 12.3 Å². The summed E-state index contributed by atoms with van der Waals surface area (Å²) in [6, 6.07) is 7.58. The Kier molecular flexibility index (Phi) is 2.82. The van der Waals surface area contributed by atoms with Crippen LogP contribution in [0.2, 0.25) is 0 Å². The SMILES string of the molecule is C#CCN1CCC(C(=O)O)c2ccccc21. The molecule has 0 spiro atoms. The van der Waals surface area contributed by atoms with Crippen LogP contribution in [-0.2, 0) is 4.79 Å². The van der Waals surface area contributed by atoms with Gasteiger partial charge in [-0.3, -0.25) is 4.79 Å². The largest absolute Gasteiger partial charge is 0.481 e. The van der Waals surface area contributed by atoms with E-state index >= 15 is 0 Å². The number of fused-ring (bicyclic) bond motifs is 1. The summed E-state index contributed by atoms with van der Waals surface area (Å²) in [4.78, 5) is 13.2. The fourth-order valence-corrected chi connectivity index (χ4v) is 2.16. The Morgan fingerprint density at radius 1 is 1.56 bits per heavy atom. The van der Waals surface area contributed by atoms with E-state index in [1.54, 1.807) is 0 Å². The lowest BCUT2D eigenvalue weighted by Gasteiger charge is -2.32. The topological polar surface area (TPSA) is 40.5 Å². The van der Waals surface area contributed by atoms with E-state index in [0.29, 0.717) is 19.5 Å². The Bertz CT molecular complexity index is 447. The fourth-order valence-electron chi connectivity index (χ4n) is 2.16. The Morgan fingerprint density at radius 2 is 2.31 bits per heavy atom. The van der Waals surface area contributed by atoms with Crippen molar-refractivity contribution in [3.05, 3.63) is 29.8 Å². The third-order valence-electron chi connectivity index (χ3n) is 2.92. The maximum Gasteiger partial charge on any atom is 0.311 e. The van der Waals surface area contributed by atoms with Gasteiger partial charge in [0.25, 0.3) is 0 Å². The summed E-state index contributed by atoms with van der Waals surface area (Å²) in [5.41, 5.74) is 1.83. The molecule has 0 aromatic heterocycles. The van der Waals surface area contributed by atoms with Crippen molar-refractivity contribution in [2.45, 2.75) is 12.3 Å². The molecule has 0 aliphatic carbocycles. The molecule has 1 N–H and O–H groups in total. The molecule has 0 radical (unpaired) electrons. The Balaban J connectivity index is 2.40. The van der Waals surface area contributed by atoms with Crippen LogP contribution < -0.4 is 4.90 Å². The summed E-state index contributed by atoms with van der Waals surface area (Å²) in [6.45, 7) is 1.24. The highest BCUT2D eigenvalue weighted by molar-refractivity contribution is 5.80. The number of nitrogens with zero attached hydrogens (tertiary/aromatic N) is 1. The predicted octanol–water partition coefficient (Wildman–Crippen LogP) is 1.70. The van der Waals surface area contributed by atoms with E-state index in [-0.39, 0.29) is 0 Å². The molecule has 1 aromatic carbocycles. The number of rotatable bonds is 2. The minimum Gasteiger partial charge on any atom is -0.481 e. The molecule has 1 heterocycles. The van der Waals surface area contributed by atoms with Gasteiger partial charge in [-0.25, -0.2) is 0 Å². The second kappa shape index (κ2) is 4.28. The average Bonchev–Trinajstić information content (AvgIpc) is 2.29. The monoisotopic (exact) mass is 215 g/mol. The van der Waals surface area contributed by atoms with Gasteiger partial charge in [-0.15, -0.1) is 6.42 Å². The van der Waals surface area contributed by atoms with Crippen LogP contribution in [0, 0.1) is 12.3 Å². The second-order valence-corrected chi connectivity index (χ2v) is 3.86. The van der Waals surface area contributed by atoms with Crippen LogP contribution in [0.1, 0.15) is 17.9 Å². The van der Waals surface area contributed by atoms with Gasteiger partial charge in [0.1, 0.15) is 0 Å². The summed E-state index contributed by atoms with van der Waals surface area (Å²) in [7, 11) is 0. The Labute approximate surface area is 94.7 Å². The number of anilines is 1. The van der Waals surface area contributed by atoms with Gasteiger partial charge in [0.15, 0.2) is 0 Å². The fraction of sp³-hybridized carbons (Fsp3) is 0.308. The zero-order valence-corrected chi connectivity index (χ0v) is 8.89. The zero-order chi connectivity index (χ0) is 11.5. The molecule has 1 aliphatic heterocycles. The third kappa shape index (κ3) is 1.74.